The molecule has 14 heteroatoms. The van der Waals surface area contributed by atoms with Crippen LogP contribution in [0, 0.1) is 5.82 Å². The second-order valence-electron chi connectivity index (χ2n) is 10.4. The molecule has 0 spiro atoms. The van der Waals surface area contributed by atoms with Crippen LogP contribution in [0.5, 0.6) is 17.2 Å². The Balaban J connectivity index is 1.29. The SMILES string of the molecule is COc1ccccc1-n1c(CNC(=O)c2ccccc2F)nnc1SCC(=O)N1N=C(c2cccs2)C[C@@H]1c1cccc(OC)c1OC. The van der Waals surface area contributed by atoms with Gasteiger partial charge in [-0.1, -0.05) is 54.2 Å². The van der Waals surface area contributed by atoms with E-state index in [4.69, 9.17) is 19.3 Å². The van der Waals surface area contributed by atoms with Crippen LogP contribution >= 0.6 is 23.1 Å². The molecule has 0 aliphatic carbocycles. The average Bonchev–Trinajstić information content (AvgIpc) is 3.90. The molecule has 0 radical (unpaired) electrons. The van der Waals surface area contributed by atoms with Crippen molar-refractivity contribution in [1.29, 1.82) is 0 Å². The molecule has 0 bridgehead atoms. The lowest BCUT2D eigenvalue weighted by Crippen LogP contribution is -2.29. The number of halogens is 1. The molecular formula is C34H31FN6O5S2. The molecule has 2 aromatic heterocycles. The van der Waals surface area contributed by atoms with Crippen LogP contribution in [-0.2, 0) is 11.3 Å². The van der Waals surface area contributed by atoms with Crippen molar-refractivity contribution in [2.24, 2.45) is 5.10 Å². The van der Waals surface area contributed by atoms with E-state index in [0.717, 1.165) is 16.2 Å². The zero-order valence-electron chi connectivity index (χ0n) is 26.3. The van der Waals surface area contributed by atoms with Crippen molar-refractivity contribution in [3.8, 4) is 22.9 Å². The third-order valence-electron chi connectivity index (χ3n) is 7.64. The molecular weight excluding hydrogens is 656 g/mol. The molecule has 1 N–H and O–H groups in total. The molecule has 1 aliphatic rings. The smallest absolute Gasteiger partial charge is 0.254 e. The fourth-order valence-corrected chi connectivity index (χ4v) is 6.94. The first-order valence-corrected chi connectivity index (χ1v) is 16.7. The van der Waals surface area contributed by atoms with Gasteiger partial charge in [0, 0.05) is 12.0 Å². The van der Waals surface area contributed by atoms with Gasteiger partial charge in [-0.25, -0.2) is 9.40 Å². The van der Waals surface area contributed by atoms with Gasteiger partial charge in [0.15, 0.2) is 22.5 Å². The summed E-state index contributed by atoms with van der Waals surface area (Å²) < 4.78 is 32.9. The van der Waals surface area contributed by atoms with Gasteiger partial charge in [0.1, 0.15) is 11.6 Å². The van der Waals surface area contributed by atoms with E-state index in [0.29, 0.717) is 40.3 Å². The molecule has 0 saturated heterocycles. The highest BCUT2D eigenvalue weighted by Crippen LogP contribution is 2.42. The van der Waals surface area contributed by atoms with Crippen LogP contribution in [0.25, 0.3) is 5.69 Å². The van der Waals surface area contributed by atoms with Gasteiger partial charge in [-0.15, -0.1) is 21.5 Å². The molecule has 48 heavy (non-hydrogen) atoms. The number of nitrogens with one attached hydrogen (secondary N) is 1. The van der Waals surface area contributed by atoms with Gasteiger partial charge in [0.05, 0.1) is 61.5 Å². The number of carbonyl (C=O) groups excluding carboxylic acids is 2. The number of hydrazone groups is 1. The fourth-order valence-electron chi connectivity index (χ4n) is 5.41. The molecule has 1 aliphatic heterocycles. The molecule has 5 aromatic rings. The number of hydrogen-bond acceptors (Lipinski definition) is 10. The Labute approximate surface area is 284 Å². The normalized spacial score (nSPS) is 14.0. The number of carbonyl (C=O) groups is 2. The van der Waals surface area contributed by atoms with Crippen LogP contribution in [0.1, 0.15) is 39.1 Å². The highest BCUT2D eigenvalue weighted by molar-refractivity contribution is 7.99. The number of benzene rings is 3. The number of thiophene rings is 1. The van der Waals surface area contributed by atoms with Crippen molar-refractivity contribution in [2.75, 3.05) is 27.1 Å². The van der Waals surface area contributed by atoms with Crippen molar-refractivity contribution >= 4 is 40.6 Å². The van der Waals surface area contributed by atoms with Gasteiger partial charge < -0.3 is 19.5 Å². The van der Waals surface area contributed by atoms with E-state index >= 15 is 0 Å². The van der Waals surface area contributed by atoms with E-state index in [9.17, 15) is 14.0 Å². The second kappa shape index (κ2) is 14.7. The van der Waals surface area contributed by atoms with Gasteiger partial charge in [-0.3, -0.25) is 14.2 Å². The molecule has 6 rings (SSSR count). The number of methoxy groups -OCH3 is 3. The number of para-hydroxylation sites is 3. The Kier molecular flexibility index (Phi) is 10.0. The van der Waals surface area contributed by atoms with Crippen molar-refractivity contribution < 1.29 is 28.2 Å². The number of nitrogens with zero attached hydrogens (tertiary/aromatic N) is 5. The first-order valence-electron chi connectivity index (χ1n) is 14.8. The van der Waals surface area contributed by atoms with Crippen molar-refractivity contribution in [3.05, 3.63) is 112 Å². The molecule has 2 amide bonds. The third kappa shape index (κ3) is 6.62. The maximum Gasteiger partial charge on any atom is 0.254 e. The lowest BCUT2D eigenvalue weighted by molar-refractivity contribution is -0.130. The molecule has 1 atom stereocenters. The lowest BCUT2D eigenvalue weighted by Gasteiger charge is -2.24. The number of amides is 2. The van der Waals surface area contributed by atoms with Crippen molar-refractivity contribution in [1.82, 2.24) is 25.1 Å². The molecule has 3 aromatic carbocycles. The quantitative estimate of drug-likeness (QED) is 0.161. The minimum Gasteiger partial charge on any atom is -0.495 e. The Bertz CT molecular complexity index is 1970. The number of hydrogen-bond donors (Lipinski definition) is 1. The van der Waals surface area contributed by atoms with E-state index < -0.39 is 17.8 Å². The number of thioether (sulfide) groups is 1. The zero-order chi connectivity index (χ0) is 33.6. The summed E-state index contributed by atoms with van der Waals surface area (Å²) in [5.41, 5.74) is 2.09. The van der Waals surface area contributed by atoms with Gasteiger partial charge in [-0.05, 0) is 41.8 Å². The van der Waals surface area contributed by atoms with E-state index in [1.165, 1.54) is 35.0 Å². The average molecular weight is 687 g/mol. The summed E-state index contributed by atoms with van der Waals surface area (Å²) in [5, 5.41) is 20.1. The predicted molar refractivity (Wildman–Crippen MR) is 181 cm³/mol. The second-order valence-corrected chi connectivity index (χ2v) is 12.3. The van der Waals surface area contributed by atoms with Crippen LogP contribution in [0.2, 0.25) is 0 Å². The maximum absolute atomic E-state index is 14.3. The lowest BCUT2D eigenvalue weighted by atomic mass is 9.99. The minimum absolute atomic E-state index is 0.0289. The topological polar surface area (TPSA) is 120 Å². The number of aromatic nitrogens is 3. The van der Waals surface area contributed by atoms with Crippen LogP contribution in [0.3, 0.4) is 0 Å². The maximum atomic E-state index is 14.3. The number of ether oxygens (including phenoxy) is 3. The zero-order valence-corrected chi connectivity index (χ0v) is 27.9. The Morgan fingerprint density at radius 2 is 1.71 bits per heavy atom. The van der Waals surface area contributed by atoms with E-state index in [-0.39, 0.29) is 23.8 Å². The van der Waals surface area contributed by atoms with Crippen LogP contribution in [-0.4, -0.2) is 64.4 Å². The minimum atomic E-state index is -0.632. The largest absolute Gasteiger partial charge is 0.495 e. The predicted octanol–water partition coefficient (Wildman–Crippen LogP) is 5.89. The van der Waals surface area contributed by atoms with Gasteiger partial charge >= 0.3 is 0 Å². The molecule has 246 valence electrons. The third-order valence-corrected chi connectivity index (χ3v) is 9.47. The van der Waals surface area contributed by atoms with Crippen LogP contribution in [0.4, 0.5) is 4.39 Å². The Morgan fingerprint density at radius 1 is 0.938 bits per heavy atom. The van der Waals surface area contributed by atoms with Crippen molar-refractivity contribution in [3.63, 3.8) is 0 Å². The van der Waals surface area contributed by atoms with Gasteiger partial charge in [-0.2, -0.15) is 5.10 Å². The summed E-state index contributed by atoms with van der Waals surface area (Å²) in [6.45, 7) is -0.0645. The van der Waals surface area contributed by atoms with Gasteiger partial charge in [0.25, 0.3) is 11.8 Å². The van der Waals surface area contributed by atoms with E-state index in [1.807, 2.05) is 47.8 Å². The van der Waals surface area contributed by atoms with Crippen LogP contribution < -0.4 is 19.5 Å². The summed E-state index contributed by atoms with van der Waals surface area (Å²) >= 11 is 2.73. The molecule has 3 heterocycles. The number of rotatable bonds is 12. The summed E-state index contributed by atoms with van der Waals surface area (Å²) in [7, 11) is 4.68. The Hall–Kier alpha value is -5.21. The van der Waals surface area contributed by atoms with Crippen molar-refractivity contribution in [2.45, 2.75) is 24.2 Å². The summed E-state index contributed by atoms with van der Waals surface area (Å²) in [4.78, 5) is 27.8. The molecule has 11 nitrogen and oxygen atoms in total. The monoisotopic (exact) mass is 686 g/mol. The summed E-state index contributed by atoms with van der Waals surface area (Å²) in [6, 6.07) is 22.1. The molecule has 0 saturated carbocycles. The van der Waals surface area contributed by atoms with Crippen LogP contribution in [0.15, 0.2) is 94.5 Å². The van der Waals surface area contributed by atoms with Gasteiger partial charge in [0.2, 0.25) is 0 Å². The first kappa shape index (κ1) is 32.7. The highest BCUT2D eigenvalue weighted by atomic mass is 32.2. The summed E-state index contributed by atoms with van der Waals surface area (Å²) in [6.07, 6.45) is 0.490. The standard InChI is InChI=1S/C34H31FN6O5S2/c1-44-27-14-7-6-13-25(27)40-30(19-36-33(43)21-10-4-5-12-23(21)35)37-38-34(40)48-20-31(42)41-26(18-24(39-41)29-16-9-17-47-29)22-11-8-15-28(45-2)32(22)46-3/h4-17,26H,18-20H2,1-3H3,(H,36,43)/t26-/m1/s1. The fraction of sp³-hybridized carbons (Fsp3) is 0.206. The van der Waals surface area contributed by atoms with E-state index in [1.54, 1.807) is 55.4 Å². The van der Waals surface area contributed by atoms with E-state index in [2.05, 4.69) is 15.5 Å². The first-order chi connectivity index (χ1) is 23.4. The summed E-state index contributed by atoms with van der Waals surface area (Å²) in [5.74, 6) is 0.465. The molecule has 0 fully saturated rings. The Morgan fingerprint density at radius 3 is 2.46 bits per heavy atom. The molecule has 0 unspecified atom stereocenters. The highest BCUT2D eigenvalue weighted by Gasteiger charge is 2.36.